The van der Waals surface area contributed by atoms with Crippen LogP contribution in [0.15, 0.2) is 0 Å². The fourth-order valence-corrected chi connectivity index (χ4v) is 5.73. The maximum absolute atomic E-state index is 9.45. The minimum absolute atomic E-state index is 0.00879. The summed E-state index contributed by atoms with van der Waals surface area (Å²) in [5, 5.41) is 9.45. The Morgan fingerprint density at radius 1 is 0.741 bits per heavy atom. The number of nitrogens with zero attached hydrogens (tertiary/aromatic N) is 3. The summed E-state index contributed by atoms with van der Waals surface area (Å²) in [4.78, 5) is 7.96. The Labute approximate surface area is 168 Å². The van der Waals surface area contributed by atoms with Crippen molar-refractivity contribution in [1.82, 2.24) is 14.7 Å². The van der Waals surface area contributed by atoms with Gasteiger partial charge in [-0.05, 0) is 115 Å². The first-order valence-electron chi connectivity index (χ1n) is 11.9. The summed E-state index contributed by atoms with van der Waals surface area (Å²) >= 11 is 0. The molecule has 4 rings (SSSR count). The SMILES string of the molecule is CC.CN1CCC2(CC1)CCN(CC1CCN(CC3CC(O)C3)CC1)CC2. The molecule has 1 saturated carbocycles. The first-order valence-corrected chi connectivity index (χ1v) is 11.9. The van der Waals surface area contributed by atoms with Gasteiger partial charge in [-0.15, -0.1) is 0 Å². The Bertz CT molecular complexity index is 411. The molecular formula is C23H45N3O. The molecule has 4 fully saturated rings. The van der Waals surface area contributed by atoms with Gasteiger partial charge in [-0.3, -0.25) is 0 Å². The summed E-state index contributed by atoms with van der Waals surface area (Å²) in [6.45, 7) is 14.5. The molecule has 3 heterocycles. The van der Waals surface area contributed by atoms with E-state index in [4.69, 9.17) is 0 Å². The highest BCUT2D eigenvalue weighted by Gasteiger charge is 2.37. The van der Waals surface area contributed by atoms with Crippen LogP contribution in [0.3, 0.4) is 0 Å². The van der Waals surface area contributed by atoms with Crippen molar-refractivity contribution in [3.05, 3.63) is 0 Å². The van der Waals surface area contributed by atoms with Gasteiger partial charge < -0.3 is 19.8 Å². The number of hydrogen-bond donors (Lipinski definition) is 1. The topological polar surface area (TPSA) is 30.0 Å². The van der Waals surface area contributed by atoms with E-state index in [9.17, 15) is 5.11 Å². The van der Waals surface area contributed by atoms with Gasteiger partial charge in [0.2, 0.25) is 0 Å². The lowest BCUT2D eigenvalue weighted by molar-refractivity contribution is 0.0125. The van der Waals surface area contributed by atoms with Crippen molar-refractivity contribution in [2.75, 3.05) is 59.4 Å². The van der Waals surface area contributed by atoms with Crippen LogP contribution in [0.2, 0.25) is 0 Å². The zero-order valence-corrected chi connectivity index (χ0v) is 18.3. The molecular weight excluding hydrogens is 334 g/mol. The molecule has 0 aromatic carbocycles. The van der Waals surface area contributed by atoms with Gasteiger partial charge in [-0.2, -0.15) is 0 Å². The summed E-state index contributed by atoms with van der Waals surface area (Å²) in [6, 6.07) is 0. The zero-order valence-electron chi connectivity index (χ0n) is 18.3. The molecule has 158 valence electrons. The third-order valence-corrected chi connectivity index (χ3v) is 7.92. The minimum Gasteiger partial charge on any atom is -0.393 e. The third-order valence-electron chi connectivity index (χ3n) is 7.92. The van der Waals surface area contributed by atoms with E-state index in [0.29, 0.717) is 5.41 Å². The van der Waals surface area contributed by atoms with Crippen molar-refractivity contribution in [3.8, 4) is 0 Å². The first kappa shape index (κ1) is 21.5. The summed E-state index contributed by atoms with van der Waals surface area (Å²) < 4.78 is 0. The van der Waals surface area contributed by atoms with E-state index in [1.54, 1.807) is 0 Å². The Morgan fingerprint density at radius 2 is 1.22 bits per heavy atom. The van der Waals surface area contributed by atoms with E-state index in [1.807, 2.05) is 13.8 Å². The molecule has 4 nitrogen and oxygen atoms in total. The highest BCUT2D eigenvalue weighted by molar-refractivity contribution is 4.91. The lowest BCUT2D eigenvalue weighted by Crippen LogP contribution is -2.48. The second-order valence-electron chi connectivity index (χ2n) is 9.84. The van der Waals surface area contributed by atoms with Gasteiger partial charge in [0, 0.05) is 13.1 Å². The second-order valence-corrected chi connectivity index (χ2v) is 9.84. The van der Waals surface area contributed by atoms with Gasteiger partial charge in [0.1, 0.15) is 0 Å². The predicted molar refractivity (Wildman–Crippen MR) is 114 cm³/mol. The molecule has 4 aliphatic rings. The monoisotopic (exact) mass is 379 g/mol. The largest absolute Gasteiger partial charge is 0.393 e. The molecule has 0 aromatic rings. The number of aliphatic hydroxyl groups is 1. The summed E-state index contributed by atoms with van der Waals surface area (Å²) in [7, 11) is 2.28. The summed E-state index contributed by atoms with van der Waals surface area (Å²) in [6.07, 6.45) is 10.7. The van der Waals surface area contributed by atoms with Crippen LogP contribution in [-0.4, -0.2) is 85.3 Å². The first-order chi connectivity index (χ1) is 13.1. The number of likely N-dealkylation sites (tertiary alicyclic amines) is 3. The van der Waals surface area contributed by atoms with E-state index in [2.05, 4.69) is 21.7 Å². The average Bonchev–Trinajstić information content (AvgIpc) is 2.68. The van der Waals surface area contributed by atoms with Crippen LogP contribution in [0.25, 0.3) is 0 Å². The quantitative estimate of drug-likeness (QED) is 0.812. The van der Waals surface area contributed by atoms with Crippen molar-refractivity contribution in [2.45, 2.75) is 71.3 Å². The maximum Gasteiger partial charge on any atom is 0.0546 e. The Balaban J connectivity index is 0.00000102. The van der Waals surface area contributed by atoms with Crippen LogP contribution < -0.4 is 0 Å². The highest BCUT2D eigenvalue weighted by Crippen LogP contribution is 2.41. The molecule has 0 atom stereocenters. The fourth-order valence-electron chi connectivity index (χ4n) is 5.73. The molecule has 0 radical (unpaired) electrons. The van der Waals surface area contributed by atoms with Gasteiger partial charge in [-0.1, -0.05) is 13.8 Å². The van der Waals surface area contributed by atoms with Crippen LogP contribution in [0.4, 0.5) is 0 Å². The summed E-state index contributed by atoms with van der Waals surface area (Å²) in [5.74, 6) is 1.70. The Hall–Kier alpha value is -0.160. The lowest BCUT2D eigenvalue weighted by Gasteiger charge is -2.47. The molecule has 27 heavy (non-hydrogen) atoms. The molecule has 0 aromatic heterocycles. The van der Waals surface area contributed by atoms with Crippen molar-refractivity contribution in [3.63, 3.8) is 0 Å². The molecule has 3 saturated heterocycles. The second kappa shape index (κ2) is 10.0. The van der Waals surface area contributed by atoms with Crippen LogP contribution in [0.5, 0.6) is 0 Å². The van der Waals surface area contributed by atoms with E-state index in [-0.39, 0.29) is 6.10 Å². The van der Waals surface area contributed by atoms with Crippen molar-refractivity contribution >= 4 is 0 Å². The van der Waals surface area contributed by atoms with Crippen LogP contribution in [0, 0.1) is 17.3 Å². The fraction of sp³-hybridized carbons (Fsp3) is 1.00. The predicted octanol–water partition coefficient (Wildman–Crippen LogP) is 3.30. The summed E-state index contributed by atoms with van der Waals surface area (Å²) in [5.41, 5.74) is 0.694. The molecule has 0 unspecified atom stereocenters. The Morgan fingerprint density at radius 3 is 1.78 bits per heavy atom. The Kier molecular flexibility index (Phi) is 8.02. The van der Waals surface area contributed by atoms with E-state index >= 15 is 0 Å². The minimum atomic E-state index is 0.00879. The highest BCUT2D eigenvalue weighted by atomic mass is 16.3. The smallest absolute Gasteiger partial charge is 0.0546 e. The normalized spacial score (nSPS) is 33.3. The molecule has 0 amide bonds. The third kappa shape index (κ3) is 5.91. The molecule has 1 N–H and O–H groups in total. The van der Waals surface area contributed by atoms with Gasteiger partial charge in [0.15, 0.2) is 0 Å². The zero-order chi connectivity index (χ0) is 19.3. The number of piperidine rings is 3. The van der Waals surface area contributed by atoms with Gasteiger partial charge in [-0.25, -0.2) is 0 Å². The average molecular weight is 380 g/mol. The number of aliphatic hydroxyl groups excluding tert-OH is 1. The van der Waals surface area contributed by atoms with Crippen LogP contribution >= 0.6 is 0 Å². The number of rotatable bonds is 4. The van der Waals surface area contributed by atoms with E-state index in [0.717, 1.165) is 24.7 Å². The molecule has 0 bridgehead atoms. The van der Waals surface area contributed by atoms with Crippen molar-refractivity contribution < 1.29 is 5.11 Å². The molecule has 4 heteroatoms. The van der Waals surface area contributed by atoms with Crippen LogP contribution in [0.1, 0.15) is 65.2 Å². The van der Waals surface area contributed by atoms with Gasteiger partial charge in [0.25, 0.3) is 0 Å². The van der Waals surface area contributed by atoms with Gasteiger partial charge >= 0.3 is 0 Å². The molecule has 1 aliphatic carbocycles. The lowest BCUT2D eigenvalue weighted by atomic mass is 9.71. The molecule has 1 spiro atoms. The maximum atomic E-state index is 9.45. The van der Waals surface area contributed by atoms with E-state index < -0.39 is 0 Å². The standard InChI is InChI=1S/C21H39N3O.C2H6/c1-22-10-4-21(5-11-22)6-12-24(13-7-21)16-18-2-8-23(9-3-18)17-19-14-20(25)15-19;1-2/h18-20,25H,2-17H2,1H3;1-2H3. The number of hydrogen-bond acceptors (Lipinski definition) is 4. The van der Waals surface area contributed by atoms with Crippen molar-refractivity contribution in [2.24, 2.45) is 17.3 Å². The molecule has 3 aliphatic heterocycles. The van der Waals surface area contributed by atoms with Gasteiger partial charge in [0.05, 0.1) is 6.10 Å². The van der Waals surface area contributed by atoms with Crippen LogP contribution in [-0.2, 0) is 0 Å². The van der Waals surface area contributed by atoms with E-state index in [1.165, 1.54) is 90.9 Å². The van der Waals surface area contributed by atoms with Crippen molar-refractivity contribution in [1.29, 1.82) is 0 Å².